The highest BCUT2D eigenvalue weighted by Gasteiger charge is 2.18. The highest BCUT2D eigenvalue weighted by molar-refractivity contribution is 6.39. The van der Waals surface area contributed by atoms with Gasteiger partial charge in [-0.05, 0) is 30.4 Å². The van der Waals surface area contributed by atoms with Crippen molar-refractivity contribution in [1.29, 1.82) is 0 Å². The second kappa shape index (κ2) is 8.10. The number of aliphatic hydroxyl groups is 1. The van der Waals surface area contributed by atoms with Gasteiger partial charge in [0, 0.05) is 13.2 Å². The summed E-state index contributed by atoms with van der Waals surface area (Å²) in [6, 6.07) is 4.13. The molecule has 0 aliphatic carbocycles. The molecule has 0 saturated heterocycles. The molecule has 0 radical (unpaired) electrons. The van der Waals surface area contributed by atoms with Crippen LogP contribution in [0.4, 0.5) is 10.1 Å². The molecule has 1 aromatic carbocycles. The first-order valence-electron chi connectivity index (χ1n) is 6.91. The molecule has 0 atom stereocenters. The Morgan fingerprint density at radius 2 is 2.00 bits per heavy atom. The molecule has 0 heterocycles. The summed E-state index contributed by atoms with van der Waals surface area (Å²) in [5.74, 6) is -2.58. The van der Waals surface area contributed by atoms with Gasteiger partial charge < -0.3 is 15.7 Å². The van der Waals surface area contributed by atoms with Crippen LogP contribution < -0.4 is 10.6 Å². The van der Waals surface area contributed by atoms with E-state index in [-0.39, 0.29) is 22.7 Å². The van der Waals surface area contributed by atoms with Crippen LogP contribution in [0.25, 0.3) is 0 Å². The summed E-state index contributed by atoms with van der Waals surface area (Å²) >= 11 is 5.59. The molecular formula is C15H20ClFN2O3. The molecule has 0 fully saturated rings. The summed E-state index contributed by atoms with van der Waals surface area (Å²) in [7, 11) is 0. The summed E-state index contributed by atoms with van der Waals surface area (Å²) in [4.78, 5) is 23.3. The molecule has 0 saturated carbocycles. The molecule has 1 rings (SSSR count). The van der Waals surface area contributed by atoms with Gasteiger partial charge in [-0.3, -0.25) is 9.59 Å². The summed E-state index contributed by atoms with van der Waals surface area (Å²) in [5.41, 5.74) is -0.370. The number of nitrogens with one attached hydrogen (secondary N) is 2. The Hall–Kier alpha value is -1.66. The van der Waals surface area contributed by atoms with Crippen molar-refractivity contribution in [1.82, 2.24) is 5.32 Å². The number of hydrogen-bond donors (Lipinski definition) is 3. The van der Waals surface area contributed by atoms with E-state index in [4.69, 9.17) is 16.7 Å². The van der Waals surface area contributed by atoms with Crippen LogP contribution in [0.2, 0.25) is 5.02 Å². The topological polar surface area (TPSA) is 78.4 Å². The highest BCUT2D eigenvalue weighted by atomic mass is 35.5. The molecule has 7 heteroatoms. The minimum Gasteiger partial charge on any atom is -0.396 e. The zero-order valence-corrected chi connectivity index (χ0v) is 13.3. The molecule has 0 aromatic heterocycles. The summed E-state index contributed by atoms with van der Waals surface area (Å²) in [5, 5.41) is 13.6. The SMILES string of the molecule is CC(C)(CO)CCCNC(=O)C(=O)Nc1cccc(Cl)c1F. The van der Waals surface area contributed by atoms with Gasteiger partial charge in [0.25, 0.3) is 0 Å². The number of aliphatic hydroxyl groups excluding tert-OH is 1. The van der Waals surface area contributed by atoms with E-state index in [2.05, 4.69) is 10.6 Å². The molecule has 22 heavy (non-hydrogen) atoms. The summed E-state index contributed by atoms with van der Waals surface area (Å²) in [6.07, 6.45) is 1.33. The van der Waals surface area contributed by atoms with Crippen molar-refractivity contribution in [2.45, 2.75) is 26.7 Å². The predicted octanol–water partition coefficient (Wildman–Crippen LogP) is 2.33. The minimum atomic E-state index is -0.956. The number of amides is 2. The van der Waals surface area contributed by atoms with E-state index < -0.39 is 17.6 Å². The minimum absolute atomic E-state index is 0.0511. The van der Waals surface area contributed by atoms with Crippen LogP contribution in [0.5, 0.6) is 0 Å². The Kier molecular flexibility index (Phi) is 6.77. The zero-order chi connectivity index (χ0) is 16.8. The first-order chi connectivity index (χ1) is 10.3. The van der Waals surface area contributed by atoms with Crippen molar-refractivity contribution in [3.05, 3.63) is 29.0 Å². The van der Waals surface area contributed by atoms with Crippen molar-refractivity contribution in [2.75, 3.05) is 18.5 Å². The highest BCUT2D eigenvalue weighted by Crippen LogP contribution is 2.22. The van der Waals surface area contributed by atoms with Crippen LogP contribution in [0.3, 0.4) is 0 Å². The van der Waals surface area contributed by atoms with Crippen LogP contribution in [0.1, 0.15) is 26.7 Å². The van der Waals surface area contributed by atoms with Gasteiger partial charge in [0.1, 0.15) is 0 Å². The van der Waals surface area contributed by atoms with E-state index in [9.17, 15) is 14.0 Å². The normalized spacial score (nSPS) is 11.1. The molecule has 0 aliphatic rings. The fraction of sp³-hybridized carbons (Fsp3) is 0.467. The monoisotopic (exact) mass is 330 g/mol. The fourth-order valence-corrected chi connectivity index (χ4v) is 1.88. The second-order valence-electron chi connectivity index (χ2n) is 5.74. The standard InChI is InChI=1S/C15H20ClFN2O3/c1-15(2,9-20)7-4-8-18-13(21)14(22)19-11-6-3-5-10(16)12(11)17/h3,5-6,20H,4,7-9H2,1-2H3,(H,18,21)(H,19,22). The molecule has 0 bridgehead atoms. The number of benzene rings is 1. The van der Waals surface area contributed by atoms with Crippen LogP contribution in [0, 0.1) is 11.2 Å². The number of rotatable bonds is 6. The predicted molar refractivity (Wildman–Crippen MR) is 83.2 cm³/mol. The molecule has 2 amide bonds. The van der Waals surface area contributed by atoms with E-state index in [1.165, 1.54) is 18.2 Å². The van der Waals surface area contributed by atoms with Crippen molar-refractivity contribution >= 4 is 29.1 Å². The first-order valence-corrected chi connectivity index (χ1v) is 7.29. The van der Waals surface area contributed by atoms with Gasteiger partial charge in [0.15, 0.2) is 5.82 Å². The maximum atomic E-state index is 13.6. The third-order valence-electron chi connectivity index (χ3n) is 3.15. The lowest BCUT2D eigenvalue weighted by atomic mass is 9.89. The van der Waals surface area contributed by atoms with Gasteiger partial charge in [-0.15, -0.1) is 0 Å². The number of carbonyl (C=O) groups is 2. The van der Waals surface area contributed by atoms with E-state index in [1.54, 1.807) is 0 Å². The molecule has 0 unspecified atom stereocenters. The van der Waals surface area contributed by atoms with Crippen LogP contribution in [-0.4, -0.2) is 30.1 Å². The Bertz CT molecular complexity index is 550. The lowest BCUT2D eigenvalue weighted by Crippen LogP contribution is -2.36. The van der Waals surface area contributed by atoms with Crippen molar-refractivity contribution < 1.29 is 19.1 Å². The number of carbonyl (C=O) groups excluding carboxylic acids is 2. The Morgan fingerprint density at radius 3 is 2.64 bits per heavy atom. The molecule has 3 N–H and O–H groups in total. The molecule has 0 aliphatic heterocycles. The average Bonchev–Trinajstić information content (AvgIpc) is 2.48. The molecule has 122 valence electrons. The van der Waals surface area contributed by atoms with Gasteiger partial charge in [-0.2, -0.15) is 0 Å². The summed E-state index contributed by atoms with van der Waals surface area (Å²) < 4.78 is 13.6. The van der Waals surface area contributed by atoms with Crippen LogP contribution >= 0.6 is 11.6 Å². The lowest BCUT2D eigenvalue weighted by molar-refractivity contribution is -0.136. The largest absolute Gasteiger partial charge is 0.396 e. The van der Waals surface area contributed by atoms with E-state index in [0.29, 0.717) is 19.4 Å². The lowest BCUT2D eigenvalue weighted by Gasteiger charge is -2.21. The van der Waals surface area contributed by atoms with Gasteiger partial charge in [0.05, 0.1) is 10.7 Å². The summed E-state index contributed by atoms with van der Waals surface area (Å²) in [6.45, 7) is 4.16. The van der Waals surface area contributed by atoms with Gasteiger partial charge in [0.2, 0.25) is 0 Å². The Labute approximate surface area is 133 Å². The zero-order valence-electron chi connectivity index (χ0n) is 12.6. The maximum Gasteiger partial charge on any atom is 0.313 e. The van der Waals surface area contributed by atoms with Gasteiger partial charge >= 0.3 is 11.8 Å². The van der Waals surface area contributed by atoms with Crippen molar-refractivity contribution in [3.63, 3.8) is 0 Å². The Morgan fingerprint density at radius 1 is 1.32 bits per heavy atom. The quantitative estimate of drug-likeness (QED) is 0.553. The van der Waals surface area contributed by atoms with Crippen molar-refractivity contribution in [3.8, 4) is 0 Å². The maximum absolute atomic E-state index is 13.6. The molecule has 0 spiro atoms. The first kappa shape index (κ1) is 18.4. The van der Waals surface area contributed by atoms with Crippen LogP contribution in [-0.2, 0) is 9.59 Å². The second-order valence-corrected chi connectivity index (χ2v) is 6.14. The van der Waals surface area contributed by atoms with Crippen molar-refractivity contribution in [2.24, 2.45) is 5.41 Å². The molecular weight excluding hydrogens is 311 g/mol. The van der Waals surface area contributed by atoms with E-state index in [1.807, 2.05) is 13.8 Å². The Balaban J connectivity index is 2.43. The van der Waals surface area contributed by atoms with Gasteiger partial charge in [-0.25, -0.2) is 4.39 Å². The van der Waals surface area contributed by atoms with E-state index >= 15 is 0 Å². The third kappa shape index (κ3) is 5.61. The molecule has 1 aromatic rings. The number of hydrogen-bond acceptors (Lipinski definition) is 3. The van der Waals surface area contributed by atoms with Gasteiger partial charge in [-0.1, -0.05) is 31.5 Å². The molecule has 5 nitrogen and oxygen atoms in total. The number of halogens is 2. The fourth-order valence-electron chi connectivity index (χ4n) is 1.71. The number of anilines is 1. The third-order valence-corrected chi connectivity index (χ3v) is 3.44. The average molecular weight is 331 g/mol. The smallest absolute Gasteiger partial charge is 0.313 e. The van der Waals surface area contributed by atoms with E-state index in [0.717, 1.165) is 0 Å². The van der Waals surface area contributed by atoms with Crippen LogP contribution in [0.15, 0.2) is 18.2 Å².